The molecule has 1 heterocycles. The van der Waals surface area contributed by atoms with E-state index in [0.717, 1.165) is 22.1 Å². The fourth-order valence-corrected chi connectivity index (χ4v) is 3.05. The molecule has 1 aromatic carbocycles. The first-order chi connectivity index (χ1) is 11.0. The Morgan fingerprint density at radius 2 is 1.96 bits per heavy atom. The second-order valence-corrected chi connectivity index (χ2v) is 6.66. The Kier molecular flexibility index (Phi) is 6.36. The molecule has 0 spiro atoms. The van der Waals surface area contributed by atoms with Crippen LogP contribution in [0, 0.1) is 6.92 Å². The second-order valence-electron chi connectivity index (χ2n) is 5.72. The number of Topliss-reactive ketones (excluding diaryl/α,β-unsaturated/α-hetero) is 1. The fraction of sp³-hybridized carbons (Fsp3) is 0.471. The topological polar surface area (TPSA) is 57.0 Å². The first-order valence-corrected chi connectivity index (χ1v) is 8.66. The van der Waals surface area contributed by atoms with Crippen LogP contribution in [-0.2, 0) is 11.3 Å². The number of aryl methyl sites for hydroxylation is 1. The minimum Gasteiger partial charge on any atom is -0.383 e. The molecule has 0 unspecified atom stereocenters. The predicted octanol–water partition coefficient (Wildman–Crippen LogP) is 3.33. The van der Waals surface area contributed by atoms with E-state index in [1.54, 1.807) is 7.11 Å². The summed E-state index contributed by atoms with van der Waals surface area (Å²) in [6, 6.07) is 7.65. The lowest BCUT2D eigenvalue weighted by atomic mass is 10.1. The van der Waals surface area contributed by atoms with Gasteiger partial charge in [-0.3, -0.25) is 4.79 Å². The average Bonchev–Trinajstić information content (AvgIpc) is 2.94. The summed E-state index contributed by atoms with van der Waals surface area (Å²) >= 11 is 1.43. The quantitative estimate of drug-likeness (QED) is 0.548. The number of aromatic nitrogens is 3. The molecule has 0 saturated heterocycles. The molecule has 5 nitrogen and oxygen atoms in total. The third-order valence-electron chi connectivity index (χ3n) is 3.49. The van der Waals surface area contributed by atoms with Crippen LogP contribution in [-0.4, -0.2) is 40.0 Å². The molecule has 0 radical (unpaired) electrons. The van der Waals surface area contributed by atoms with Gasteiger partial charge in [-0.2, -0.15) is 0 Å². The van der Waals surface area contributed by atoms with Gasteiger partial charge in [0.05, 0.1) is 12.4 Å². The van der Waals surface area contributed by atoms with Crippen molar-refractivity contribution in [2.75, 3.05) is 19.5 Å². The van der Waals surface area contributed by atoms with E-state index in [1.165, 1.54) is 11.8 Å². The molecule has 0 saturated carbocycles. The Morgan fingerprint density at radius 1 is 1.26 bits per heavy atom. The molecule has 124 valence electrons. The van der Waals surface area contributed by atoms with Gasteiger partial charge in [0.1, 0.15) is 5.82 Å². The van der Waals surface area contributed by atoms with Crippen molar-refractivity contribution >= 4 is 17.5 Å². The van der Waals surface area contributed by atoms with Gasteiger partial charge in [-0.1, -0.05) is 55.4 Å². The zero-order valence-electron chi connectivity index (χ0n) is 14.1. The Labute approximate surface area is 141 Å². The average molecular weight is 333 g/mol. The molecular formula is C17H23N3O2S. The zero-order chi connectivity index (χ0) is 16.8. The molecule has 23 heavy (non-hydrogen) atoms. The van der Waals surface area contributed by atoms with Gasteiger partial charge in [-0.05, 0) is 6.92 Å². The van der Waals surface area contributed by atoms with Gasteiger partial charge in [-0.15, -0.1) is 10.2 Å². The summed E-state index contributed by atoms with van der Waals surface area (Å²) in [5, 5.41) is 9.26. The van der Waals surface area contributed by atoms with E-state index in [1.807, 2.05) is 35.8 Å². The number of carbonyl (C=O) groups is 1. The highest BCUT2D eigenvalue weighted by Gasteiger charge is 2.16. The van der Waals surface area contributed by atoms with Crippen molar-refractivity contribution < 1.29 is 9.53 Å². The number of ether oxygens (including phenoxy) is 1. The lowest BCUT2D eigenvalue weighted by Crippen LogP contribution is -2.11. The molecule has 0 fully saturated rings. The SMILES string of the molecule is COCCn1c(SCC(=O)c2ccc(C)cc2)nnc1C(C)C. The number of carbonyl (C=O) groups excluding carboxylic acids is 1. The zero-order valence-corrected chi connectivity index (χ0v) is 14.9. The highest BCUT2D eigenvalue weighted by molar-refractivity contribution is 7.99. The van der Waals surface area contributed by atoms with E-state index >= 15 is 0 Å². The van der Waals surface area contributed by atoms with Gasteiger partial charge < -0.3 is 9.30 Å². The molecule has 0 amide bonds. The van der Waals surface area contributed by atoms with Crippen LogP contribution < -0.4 is 0 Å². The van der Waals surface area contributed by atoms with Crippen molar-refractivity contribution in [1.29, 1.82) is 0 Å². The molecule has 0 N–H and O–H groups in total. The van der Waals surface area contributed by atoms with Crippen LogP contribution in [0.15, 0.2) is 29.4 Å². The summed E-state index contributed by atoms with van der Waals surface area (Å²) in [7, 11) is 1.67. The number of hydrogen-bond acceptors (Lipinski definition) is 5. The number of thioether (sulfide) groups is 1. The molecule has 0 atom stereocenters. The van der Waals surface area contributed by atoms with Crippen LogP contribution in [0.1, 0.15) is 41.5 Å². The summed E-state index contributed by atoms with van der Waals surface area (Å²) in [6.45, 7) is 7.46. The van der Waals surface area contributed by atoms with Gasteiger partial charge in [-0.25, -0.2) is 0 Å². The predicted molar refractivity (Wildman–Crippen MR) is 92.2 cm³/mol. The van der Waals surface area contributed by atoms with Crippen molar-refractivity contribution in [1.82, 2.24) is 14.8 Å². The number of nitrogens with zero attached hydrogens (tertiary/aromatic N) is 3. The highest BCUT2D eigenvalue weighted by Crippen LogP contribution is 2.22. The molecule has 0 aliphatic rings. The third-order valence-corrected chi connectivity index (χ3v) is 4.45. The molecular weight excluding hydrogens is 310 g/mol. The highest BCUT2D eigenvalue weighted by atomic mass is 32.2. The summed E-state index contributed by atoms with van der Waals surface area (Å²) in [5.74, 6) is 1.66. The van der Waals surface area contributed by atoms with E-state index in [0.29, 0.717) is 18.9 Å². The standard InChI is InChI=1S/C17H23N3O2S/c1-12(2)16-18-19-17(20(16)9-10-22-4)23-11-15(21)14-7-5-13(3)6-8-14/h5-8,12H,9-11H2,1-4H3. The van der Waals surface area contributed by atoms with E-state index in [-0.39, 0.29) is 11.7 Å². The first-order valence-electron chi connectivity index (χ1n) is 7.67. The molecule has 2 aromatic rings. The van der Waals surface area contributed by atoms with Gasteiger partial charge in [0.2, 0.25) is 0 Å². The number of hydrogen-bond donors (Lipinski definition) is 0. The van der Waals surface area contributed by atoms with Crippen LogP contribution in [0.3, 0.4) is 0 Å². The van der Waals surface area contributed by atoms with Crippen LogP contribution in [0.2, 0.25) is 0 Å². The number of ketones is 1. The molecule has 1 aromatic heterocycles. The van der Waals surface area contributed by atoms with Crippen LogP contribution in [0.5, 0.6) is 0 Å². The van der Waals surface area contributed by atoms with Gasteiger partial charge in [0, 0.05) is 25.1 Å². The first kappa shape index (κ1) is 17.7. The Hall–Kier alpha value is -1.66. The normalized spacial score (nSPS) is 11.2. The summed E-state index contributed by atoms with van der Waals surface area (Å²) in [5.41, 5.74) is 1.88. The van der Waals surface area contributed by atoms with E-state index < -0.39 is 0 Å². The van der Waals surface area contributed by atoms with Crippen LogP contribution in [0.25, 0.3) is 0 Å². The molecule has 0 aliphatic heterocycles. The minimum atomic E-state index is 0.0994. The second kappa shape index (κ2) is 8.26. The van der Waals surface area contributed by atoms with Crippen molar-refractivity contribution in [3.63, 3.8) is 0 Å². The van der Waals surface area contributed by atoms with Gasteiger partial charge >= 0.3 is 0 Å². The van der Waals surface area contributed by atoms with Crippen LogP contribution in [0.4, 0.5) is 0 Å². The van der Waals surface area contributed by atoms with Gasteiger partial charge in [0.25, 0.3) is 0 Å². The third kappa shape index (κ3) is 4.65. The Bertz CT molecular complexity index is 650. The maximum atomic E-state index is 12.3. The van der Waals surface area contributed by atoms with Crippen LogP contribution >= 0.6 is 11.8 Å². The monoisotopic (exact) mass is 333 g/mol. The van der Waals surface area contributed by atoms with Crippen molar-refractivity contribution in [3.05, 3.63) is 41.2 Å². The molecule has 2 rings (SSSR count). The van der Waals surface area contributed by atoms with Gasteiger partial charge in [0.15, 0.2) is 10.9 Å². The largest absolute Gasteiger partial charge is 0.383 e. The lowest BCUT2D eigenvalue weighted by molar-refractivity contribution is 0.102. The van der Waals surface area contributed by atoms with Crippen molar-refractivity contribution in [2.24, 2.45) is 0 Å². The fourth-order valence-electron chi connectivity index (χ4n) is 2.18. The summed E-state index contributed by atoms with van der Waals surface area (Å²) in [4.78, 5) is 12.3. The smallest absolute Gasteiger partial charge is 0.191 e. The Morgan fingerprint density at radius 3 is 2.57 bits per heavy atom. The maximum Gasteiger partial charge on any atom is 0.191 e. The van der Waals surface area contributed by atoms with E-state index in [4.69, 9.17) is 4.74 Å². The Balaban J connectivity index is 2.07. The van der Waals surface area contributed by atoms with E-state index in [9.17, 15) is 4.79 Å². The van der Waals surface area contributed by atoms with Crippen molar-refractivity contribution in [3.8, 4) is 0 Å². The molecule has 6 heteroatoms. The summed E-state index contributed by atoms with van der Waals surface area (Å²) < 4.78 is 7.20. The lowest BCUT2D eigenvalue weighted by Gasteiger charge is -2.11. The molecule has 0 aliphatic carbocycles. The number of rotatable bonds is 8. The maximum absolute atomic E-state index is 12.3. The van der Waals surface area contributed by atoms with E-state index in [2.05, 4.69) is 24.0 Å². The number of methoxy groups -OCH3 is 1. The minimum absolute atomic E-state index is 0.0994. The summed E-state index contributed by atoms with van der Waals surface area (Å²) in [6.07, 6.45) is 0. The number of benzene rings is 1. The molecule has 0 bridgehead atoms. The van der Waals surface area contributed by atoms with Crippen molar-refractivity contribution in [2.45, 2.75) is 38.4 Å².